The van der Waals surface area contributed by atoms with Crippen molar-refractivity contribution in [2.45, 2.75) is 13.6 Å². The average molecular weight is 545 g/mol. The van der Waals surface area contributed by atoms with Crippen molar-refractivity contribution >= 4 is 17.6 Å². The number of halogens is 5. The van der Waals surface area contributed by atoms with E-state index in [2.05, 4.69) is 6.58 Å². The second-order valence-corrected chi connectivity index (χ2v) is 7.49. The Bertz CT molecular complexity index is 1430. The van der Waals surface area contributed by atoms with E-state index in [0.29, 0.717) is 0 Å². The third kappa shape index (κ3) is 6.58. The molecular weight excluding hydrogens is 524 g/mol. The Balaban J connectivity index is 0.00000481. The Morgan fingerprint density at radius 1 is 1.11 bits per heavy atom. The molecule has 0 bridgehead atoms. The summed E-state index contributed by atoms with van der Waals surface area (Å²) < 4.78 is 70.3. The van der Waals surface area contributed by atoms with Crippen LogP contribution in [0.25, 0.3) is 5.69 Å². The van der Waals surface area contributed by atoms with E-state index in [4.69, 9.17) is 25.8 Å². The summed E-state index contributed by atoms with van der Waals surface area (Å²) >= 11 is 6.06. The molecule has 0 saturated carbocycles. The minimum Gasteiger partial charge on any atom is -0.478 e. The van der Waals surface area contributed by atoms with E-state index in [1.54, 1.807) is 12.1 Å². The predicted octanol–water partition coefficient (Wildman–Crippen LogP) is 4.88. The van der Waals surface area contributed by atoms with Gasteiger partial charge >= 0.3 is 17.8 Å². The number of alkyl halides is 3. The molecule has 37 heavy (non-hydrogen) atoms. The first-order chi connectivity index (χ1) is 16.9. The number of esters is 1. The fourth-order valence-electron chi connectivity index (χ4n) is 2.99. The molecule has 0 amide bonds. The summed E-state index contributed by atoms with van der Waals surface area (Å²) in [6.45, 7) is 2.92. The van der Waals surface area contributed by atoms with Crippen LogP contribution in [0.5, 0.6) is 17.2 Å². The van der Waals surface area contributed by atoms with Gasteiger partial charge in [-0.05, 0) is 18.2 Å². The topological polar surface area (TPSA) is 88.8 Å². The Hall–Kier alpha value is -4.06. The highest BCUT2D eigenvalue weighted by Crippen LogP contribution is 2.37. The van der Waals surface area contributed by atoms with E-state index in [9.17, 15) is 31.9 Å². The average Bonchev–Trinajstić information content (AvgIpc) is 2.81. The van der Waals surface area contributed by atoms with Crippen LogP contribution in [0, 0.1) is 5.82 Å². The van der Waals surface area contributed by atoms with Gasteiger partial charge in [0.25, 0.3) is 5.56 Å². The smallest absolute Gasteiger partial charge is 0.431 e. The summed E-state index contributed by atoms with van der Waals surface area (Å²) in [5.74, 6) is -2.03. The van der Waals surface area contributed by atoms with Crippen molar-refractivity contribution in [2.75, 3.05) is 13.2 Å². The monoisotopic (exact) mass is 544 g/mol. The van der Waals surface area contributed by atoms with Crippen LogP contribution in [-0.2, 0) is 22.8 Å². The molecule has 0 spiro atoms. The van der Waals surface area contributed by atoms with Crippen LogP contribution in [0.2, 0.25) is 5.02 Å². The minimum atomic E-state index is -4.99. The van der Waals surface area contributed by atoms with Crippen LogP contribution in [0.1, 0.15) is 13.1 Å². The normalized spacial score (nSPS) is 10.9. The Labute approximate surface area is 212 Å². The highest BCUT2D eigenvalue weighted by molar-refractivity contribution is 6.32. The van der Waals surface area contributed by atoms with Gasteiger partial charge in [-0.2, -0.15) is 13.2 Å². The molecule has 0 aliphatic rings. The SMILES string of the molecule is C.C=CCOC(=O)COc1ccccc1Oc1cc(-n2c(=O)cc(C(F)(F)F)n(C)c2=O)c(F)cc1Cl. The molecule has 0 N–H and O–H groups in total. The van der Waals surface area contributed by atoms with Gasteiger partial charge in [0.2, 0.25) is 0 Å². The zero-order valence-corrected chi connectivity index (χ0v) is 19.2. The number of benzene rings is 2. The Morgan fingerprint density at radius 3 is 2.38 bits per heavy atom. The van der Waals surface area contributed by atoms with Gasteiger partial charge in [0, 0.05) is 19.2 Å². The molecule has 0 fully saturated rings. The number of nitrogens with zero attached hydrogens (tertiary/aromatic N) is 2. The lowest BCUT2D eigenvalue weighted by molar-refractivity contribution is -0.145. The molecule has 0 atom stereocenters. The van der Waals surface area contributed by atoms with Crippen LogP contribution >= 0.6 is 11.6 Å². The molecule has 1 heterocycles. The molecular formula is C24H21ClF4N2O6. The van der Waals surface area contributed by atoms with E-state index >= 15 is 0 Å². The van der Waals surface area contributed by atoms with E-state index in [-0.39, 0.29) is 51.5 Å². The van der Waals surface area contributed by atoms with Crippen LogP contribution in [0.3, 0.4) is 0 Å². The van der Waals surface area contributed by atoms with E-state index < -0.39 is 47.2 Å². The molecule has 0 radical (unpaired) electrons. The maximum Gasteiger partial charge on any atom is 0.431 e. The van der Waals surface area contributed by atoms with E-state index in [1.165, 1.54) is 18.2 Å². The van der Waals surface area contributed by atoms with E-state index in [0.717, 1.165) is 19.2 Å². The fraction of sp³-hybridized carbons (Fsp3) is 0.208. The highest BCUT2D eigenvalue weighted by atomic mass is 35.5. The Morgan fingerprint density at radius 2 is 1.76 bits per heavy atom. The van der Waals surface area contributed by atoms with Crippen LogP contribution in [0.15, 0.2) is 64.7 Å². The van der Waals surface area contributed by atoms with Gasteiger partial charge in [-0.15, -0.1) is 0 Å². The fourth-order valence-corrected chi connectivity index (χ4v) is 3.18. The van der Waals surface area contributed by atoms with Gasteiger partial charge in [0.1, 0.15) is 23.9 Å². The lowest BCUT2D eigenvalue weighted by Gasteiger charge is -2.16. The number of ether oxygens (including phenoxy) is 3. The van der Waals surface area contributed by atoms with Crippen LogP contribution in [0.4, 0.5) is 17.6 Å². The van der Waals surface area contributed by atoms with Gasteiger partial charge < -0.3 is 14.2 Å². The largest absolute Gasteiger partial charge is 0.478 e. The molecule has 3 rings (SSSR count). The summed E-state index contributed by atoms with van der Waals surface area (Å²) in [6, 6.07) is 7.77. The quantitative estimate of drug-likeness (QED) is 0.228. The summed E-state index contributed by atoms with van der Waals surface area (Å²) in [6.07, 6.45) is -3.61. The second-order valence-electron chi connectivity index (χ2n) is 7.09. The molecule has 0 saturated heterocycles. The van der Waals surface area contributed by atoms with Gasteiger partial charge in [-0.25, -0.2) is 18.5 Å². The Kier molecular flexibility index (Phi) is 9.29. The first-order valence-corrected chi connectivity index (χ1v) is 10.4. The van der Waals surface area contributed by atoms with Gasteiger partial charge in [0.05, 0.1) is 10.7 Å². The maximum atomic E-state index is 14.7. The predicted molar refractivity (Wildman–Crippen MR) is 127 cm³/mol. The number of para-hydroxylation sites is 2. The molecule has 198 valence electrons. The van der Waals surface area contributed by atoms with Crippen molar-refractivity contribution < 1.29 is 36.6 Å². The zero-order valence-electron chi connectivity index (χ0n) is 18.5. The third-order valence-corrected chi connectivity index (χ3v) is 4.92. The number of rotatable bonds is 8. The second kappa shape index (κ2) is 11.8. The molecule has 3 aromatic rings. The van der Waals surface area contributed by atoms with E-state index in [1.807, 2.05) is 0 Å². The molecule has 0 aliphatic carbocycles. The van der Waals surface area contributed by atoms with Crippen molar-refractivity contribution in [3.63, 3.8) is 0 Å². The molecule has 13 heteroatoms. The number of aromatic nitrogens is 2. The summed E-state index contributed by atoms with van der Waals surface area (Å²) in [5.41, 5.74) is -5.06. The summed E-state index contributed by atoms with van der Waals surface area (Å²) in [7, 11) is 0.792. The van der Waals surface area contributed by atoms with Gasteiger partial charge in [-0.3, -0.25) is 9.36 Å². The third-order valence-electron chi connectivity index (χ3n) is 4.63. The lowest BCUT2D eigenvalue weighted by Crippen LogP contribution is -2.41. The number of carbonyl (C=O) groups excluding carboxylic acids is 1. The summed E-state index contributed by atoms with van der Waals surface area (Å²) in [4.78, 5) is 36.6. The lowest BCUT2D eigenvalue weighted by atomic mass is 10.2. The number of hydrogen-bond acceptors (Lipinski definition) is 6. The minimum absolute atomic E-state index is 0. The van der Waals surface area contributed by atoms with Gasteiger partial charge in [-0.1, -0.05) is 43.8 Å². The summed E-state index contributed by atoms with van der Waals surface area (Å²) in [5, 5.41) is -0.284. The standard InChI is InChI=1S/C23H17ClF4N2O6.CH4/c1-3-8-34-21(32)12-35-16-6-4-5-7-17(16)36-18-10-15(14(25)9-13(18)24)30-20(31)11-19(23(26,27)28)29(2)22(30)33;/h3-7,9-11H,1,8,12H2,2H3;1H4. The highest BCUT2D eigenvalue weighted by Gasteiger charge is 2.35. The van der Waals surface area contributed by atoms with Crippen LogP contribution < -0.4 is 20.7 Å². The molecule has 8 nitrogen and oxygen atoms in total. The van der Waals surface area contributed by atoms with Gasteiger partial charge in [0.15, 0.2) is 18.1 Å². The number of carbonyl (C=O) groups is 1. The molecule has 1 aromatic heterocycles. The first-order valence-electron chi connectivity index (χ1n) is 10.00. The molecule has 0 aliphatic heterocycles. The maximum absolute atomic E-state index is 14.7. The van der Waals surface area contributed by atoms with Crippen molar-refractivity contribution in [3.8, 4) is 22.9 Å². The van der Waals surface area contributed by atoms with Crippen LogP contribution in [-0.4, -0.2) is 28.3 Å². The van der Waals surface area contributed by atoms with Crippen molar-refractivity contribution in [1.82, 2.24) is 9.13 Å². The number of hydrogen-bond donors (Lipinski definition) is 0. The van der Waals surface area contributed by atoms with Crippen molar-refractivity contribution in [2.24, 2.45) is 7.05 Å². The van der Waals surface area contributed by atoms with Crippen molar-refractivity contribution in [3.05, 3.63) is 92.5 Å². The first kappa shape index (κ1) is 29.2. The van der Waals surface area contributed by atoms with Crippen molar-refractivity contribution in [1.29, 1.82) is 0 Å². The molecule has 0 unspecified atom stereocenters. The zero-order chi connectivity index (χ0) is 26.6. The molecule has 2 aromatic carbocycles.